The zero-order valence-electron chi connectivity index (χ0n) is 11.0. The Bertz CT molecular complexity index is 595. The summed E-state index contributed by atoms with van der Waals surface area (Å²) >= 11 is 0. The third-order valence-electron chi connectivity index (χ3n) is 3.96. The lowest BCUT2D eigenvalue weighted by Gasteiger charge is -2.39. The first-order valence-corrected chi connectivity index (χ1v) is 6.90. The lowest BCUT2D eigenvalue weighted by Crippen LogP contribution is -2.48. The van der Waals surface area contributed by atoms with Crippen LogP contribution in [0.25, 0.3) is 0 Å². The maximum absolute atomic E-state index is 4.55. The maximum Gasteiger partial charge on any atom is 0.128 e. The fraction of sp³-hybridized carbons (Fsp3) is 0.500. The van der Waals surface area contributed by atoms with Crippen molar-refractivity contribution in [2.75, 3.05) is 18.0 Å². The number of pyridine rings is 1. The van der Waals surface area contributed by atoms with Gasteiger partial charge in [-0.25, -0.2) is 9.67 Å². The molecule has 2 aliphatic rings. The second-order valence-corrected chi connectivity index (χ2v) is 5.59. The highest BCUT2D eigenvalue weighted by molar-refractivity contribution is 5.42. The topological polar surface area (TPSA) is 46.8 Å². The molecule has 0 unspecified atom stereocenters. The molecule has 2 aromatic heterocycles. The van der Waals surface area contributed by atoms with Gasteiger partial charge in [0.15, 0.2) is 0 Å². The Labute approximate surface area is 112 Å². The molecule has 2 aromatic rings. The van der Waals surface area contributed by atoms with Crippen LogP contribution >= 0.6 is 0 Å². The second kappa shape index (κ2) is 4.05. The van der Waals surface area contributed by atoms with Gasteiger partial charge in [0.2, 0.25) is 0 Å². The number of nitrogens with zero attached hydrogens (tertiary/aromatic N) is 5. The van der Waals surface area contributed by atoms with E-state index in [2.05, 4.69) is 38.5 Å². The van der Waals surface area contributed by atoms with Crippen LogP contribution in [0.4, 0.5) is 5.82 Å². The molecule has 0 N–H and O–H groups in total. The van der Waals surface area contributed by atoms with E-state index in [0.717, 1.165) is 24.6 Å². The minimum atomic E-state index is 0.447. The normalized spacial score (nSPS) is 19.5. The molecule has 5 heteroatoms. The number of rotatable bonds is 3. The summed E-state index contributed by atoms with van der Waals surface area (Å²) in [7, 11) is 0. The molecule has 19 heavy (non-hydrogen) atoms. The number of aryl methyl sites for hydroxylation is 1. The molecule has 0 bridgehead atoms. The minimum absolute atomic E-state index is 0.447. The third-order valence-corrected chi connectivity index (χ3v) is 3.96. The van der Waals surface area contributed by atoms with E-state index in [4.69, 9.17) is 0 Å². The van der Waals surface area contributed by atoms with Crippen molar-refractivity contribution in [3.63, 3.8) is 0 Å². The van der Waals surface area contributed by atoms with Crippen molar-refractivity contribution in [1.82, 2.24) is 20.0 Å². The number of anilines is 1. The van der Waals surface area contributed by atoms with Gasteiger partial charge in [-0.2, -0.15) is 0 Å². The van der Waals surface area contributed by atoms with Gasteiger partial charge in [-0.05, 0) is 31.9 Å². The van der Waals surface area contributed by atoms with E-state index in [9.17, 15) is 0 Å². The van der Waals surface area contributed by atoms with E-state index in [-0.39, 0.29) is 0 Å². The summed E-state index contributed by atoms with van der Waals surface area (Å²) in [4.78, 5) is 6.84. The minimum Gasteiger partial charge on any atom is -0.352 e. The van der Waals surface area contributed by atoms with E-state index in [1.807, 2.05) is 17.7 Å². The van der Waals surface area contributed by atoms with Crippen molar-refractivity contribution >= 4 is 5.82 Å². The van der Waals surface area contributed by atoms with Crippen molar-refractivity contribution in [2.24, 2.45) is 0 Å². The molecule has 2 fully saturated rings. The van der Waals surface area contributed by atoms with Crippen molar-refractivity contribution < 1.29 is 0 Å². The van der Waals surface area contributed by atoms with Gasteiger partial charge in [-0.1, -0.05) is 11.3 Å². The summed E-state index contributed by atoms with van der Waals surface area (Å²) in [6.07, 6.45) is 4.69. The predicted molar refractivity (Wildman–Crippen MR) is 72.2 cm³/mol. The summed E-state index contributed by atoms with van der Waals surface area (Å²) in [5.74, 6) is 1.75. The summed E-state index contributed by atoms with van der Waals surface area (Å²) in [6.45, 7) is 3.98. The standard InChI is InChI=1S/C14H17N5/c1-10-3-2-4-14(15-10)18-7-12(8-18)19-9-13(16-17-19)11-5-6-11/h2-4,9,11-12H,5-8H2,1H3. The van der Waals surface area contributed by atoms with Crippen LogP contribution in [0.2, 0.25) is 0 Å². The molecule has 1 saturated heterocycles. The summed E-state index contributed by atoms with van der Waals surface area (Å²) < 4.78 is 2.03. The molecular weight excluding hydrogens is 238 g/mol. The largest absolute Gasteiger partial charge is 0.352 e. The summed E-state index contributed by atoms with van der Waals surface area (Å²) in [5, 5.41) is 8.54. The van der Waals surface area contributed by atoms with Gasteiger partial charge < -0.3 is 4.90 Å². The smallest absolute Gasteiger partial charge is 0.128 e. The Hall–Kier alpha value is -1.91. The molecule has 1 aliphatic heterocycles. The molecule has 1 saturated carbocycles. The Morgan fingerprint density at radius 3 is 2.79 bits per heavy atom. The van der Waals surface area contributed by atoms with E-state index in [1.165, 1.54) is 18.5 Å². The lowest BCUT2D eigenvalue weighted by atomic mass is 10.1. The molecule has 0 radical (unpaired) electrons. The second-order valence-electron chi connectivity index (χ2n) is 5.59. The van der Waals surface area contributed by atoms with Crippen molar-refractivity contribution in [3.05, 3.63) is 35.8 Å². The molecule has 0 amide bonds. The van der Waals surface area contributed by atoms with Gasteiger partial charge in [0.25, 0.3) is 0 Å². The van der Waals surface area contributed by atoms with Gasteiger partial charge in [-0.3, -0.25) is 0 Å². The molecule has 0 aromatic carbocycles. The summed E-state index contributed by atoms with van der Waals surface area (Å²) in [6, 6.07) is 6.61. The van der Waals surface area contributed by atoms with Gasteiger partial charge in [-0.15, -0.1) is 5.10 Å². The van der Waals surface area contributed by atoms with Crippen LogP contribution in [0.1, 0.15) is 36.2 Å². The molecule has 5 nitrogen and oxygen atoms in total. The van der Waals surface area contributed by atoms with Crippen LogP contribution in [0.5, 0.6) is 0 Å². The average molecular weight is 255 g/mol. The molecule has 3 heterocycles. The van der Waals surface area contributed by atoms with Crippen molar-refractivity contribution in [2.45, 2.75) is 31.7 Å². The van der Waals surface area contributed by atoms with Crippen LogP contribution in [-0.2, 0) is 0 Å². The van der Waals surface area contributed by atoms with Gasteiger partial charge in [0.1, 0.15) is 5.82 Å². The SMILES string of the molecule is Cc1cccc(N2CC(n3cc(C4CC4)nn3)C2)n1. The monoisotopic (exact) mass is 255 g/mol. The highest BCUT2D eigenvalue weighted by Crippen LogP contribution is 2.39. The van der Waals surface area contributed by atoms with Gasteiger partial charge in [0.05, 0.1) is 11.7 Å². The first-order chi connectivity index (χ1) is 9.29. The molecule has 0 spiro atoms. The zero-order chi connectivity index (χ0) is 12.8. The summed E-state index contributed by atoms with van der Waals surface area (Å²) in [5.41, 5.74) is 2.24. The first kappa shape index (κ1) is 11.0. The van der Waals surface area contributed by atoms with Crippen LogP contribution in [-0.4, -0.2) is 33.1 Å². The van der Waals surface area contributed by atoms with E-state index in [1.54, 1.807) is 0 Å². The van der Waals surface area contributed by atoms with E-state index in [0.29, 0.717) is 12.0 Å². The lowest BCUT2D eigenvalue weighted by molar-refractivity contribution is 0.358. The van der Waals surface area contributed by atoms with Gasteiger partial charge in [0, 0.05) is 30.9 Å². The molecule has 0 atom stereocenters. The maximum atomic E-state index is 4.55. The zero-order valence-corrected chi connectivity index (χ0v) is 11.0. The van der Waals surface area contributed by atoms with Crippen LogP contribution in [0, 0.1) is 6.92 Å². The predicted octanol–water partition coefficient (Wildman–Crippen LogP) is 1.92. The number of hydrogen-bond donors (Lipinski definition) is 0. The fourth-order valence-corrected chi connectivity index (χ4v) is 2.55. The molecular formula is C14H17N5. The molecule has 4 rings (SSSR count). The van der Waals surface area contributed by atoms with Crippen LogP contribution in [0.3, 0.4) is 0 Å². The fourth-order valence-electron chi connectivity index (χ4n) is 2.55. The Kier molecular flexibility index (Phi) is 2.33. The average Bonchev–Trinajstić information content (AvgIpc) is 3.08. The van der Waals surface area contributed by atoms with E-state index >= 15 is 0 Å². The van der Waals surface area contributed by atoms with Crippen molar-refractivity contribution in [3.8, 4) is 0 Å². The first-order valence-electron chi connectivity index (χ1n) is 6.90. The molecule has 1 aliphatic carbocycles. The Balaban J connectivity index is 1.44. The quantitative estimate of drug-likeness (QED) is 0.840. The van der Waals surface area contributed by atoms with Crippen molar-refractivity contribution in [1.29, 1.82) is 0 Å². The molecule has 98 valence electrons. The highest BCUT2D eigenvalue weighted by atomic mass is 15.5. The highest BCUT2D eigenvalue weighted by Gasteiger charge is 2.32. The van der Waals surface area contributed by atoms with Gasteiger partial charge >= 0.3 is 0 Å². The third kappa shape index (κ3) is 1.99. The Morgan fingerprint density at radius 2 is 2.05 bits per heavy atom. The number of hydrogen-bond acceptors (Lipinski definition) is 4. The van der Waals surface area contributed by atoms with Crippen LogP contribution < -0.4 is 4.90 Å². The van der Waals surface area contributed by atoms with E-state index < -0.39 is 0 Å². The van der Waals surface area contributed by atoms with Crippen LogP contribution in [0.15, 0.2) is 24.4 Å². The number of aromatic nitrogens is 4. The Morgan fingerprint density at radius 1 is 1.21 bits per heavy atom.